The third-order valence-corrected chi connectivity index (χ3v) is 2.64. The van der Waals surface area contributed by atoms with Crippen LogP contribution in [0.3, 0.4) is 0 Å². The van der Waals surface area contributed by atoms with E-state index >= 15 is 0 Å². The van der Waals surface area contributed by atoms with Gasteiger partial charge in [0.15, 0.2) is 5.82 Å². The van der Waals surface area contributed by atoms with Gasteiger partial charge in [0.2, 0.25) is 5.89 Å². The smallest absolute Gasteiger partial charge is 0.229 e. The molecular weight excluding hydrogens is 208 g/mol. The van der Waals surface area contributed by atoms with Crippen molar-refractivity contribution >= 4 is 0 Å². The van der Waals surface area contributed by atoms with Gasteiger partial charge in [-0.2, -0.15) is 4.98 Å². The molecule has 1 saturated carbocycles. The molecule has 5 nitrogen and oxygen atoms in total. The maximum Gasteiger partial charge on any atom is 0.229 e. The van der Waals surface area contributed by atoms with Crippen LogP contribution in [-0.2, 0) is 17.8 Å². The molecule has 1 aliphatic rings. The number of hydrogen-bond donors (Lipinski definition) is 1. The topological polar surface area (TPSA) is 68.4 Å². The molecule has 2 rings (SSSR count). The molecule has 0 radical (unpaired) electrons. The minimum absolute atomic E-state index is 0.329. The lowest BCUT2D eigenvalue weighted by molar-refractivity contribution is 0.114. The van der Waals surface area contributed by atoms with Crippen LogP contribution < -0.4 is 0 Å². The monoisotopic (exact) mass is 226 g/mol. The van der Waals surface area contributed by atoms with E-state index in [4.69, 9.17) is 9.26 Å². The summed E-state index contributed by atoms with van der Waals surface area (Å²) in [5.74, 6) is 1.51. The second-order valence-electron chi connectivity index (χ2n) is 4.27. The first-order valence-corrected chi connectivity index (χ1v) is 5.87. The largest absolute Gasteiger partial charge is 0.392 e. The quantitative estimate of drug-likeness (QED) is 0.710. The van der Waals surface area contributed by atoms with Crippen LogP contribution in [0.4, 0.5) is 0 Å². The summed E-state index contributed by atoms with van der Waals surface area (Å²) in [7, 11) is 0. The molecule has 1 aromatic rings. The van der Waals surface area contributed by atoms with Crippen molar-refractivity contribution in [1.82, 2.24) is 10.1 Å². The van der Waals surface area contributed by atoms with E-state index in [0.717, 1.165) is 19.3 Å². The summed E-state index contributed by atoms with van der Waals surface area (Å²) in [6.07, 6.45) is 3.34. The fourth-order valence-corrected chi connectivity index (χ4v) is 1.57. The number of aliphatic hydroxyl groups excluding tert-OH is 1. The Bertz CT molecular complexity index is 323. The maximum atomic E-state index is 9.71. The van der Waals surface area contributed by atoms with Gasteiger partial charge < -0.3 is 14.4 Å². The van der Waals surface area contributed by atoms with Crippen molar-refractivity contribution in [2.24, 2.45) is 5.92 Å². The summed E-state index contributed by atoms with van der Waals surface area (Å²) in [6, 6.07) is 0. The van der Waals surface area contributed by atoms with Crippen molar-refractivity contribution in [3.05, 3.63) is 11.7 Å². The Labute approximate surface area is 94.8 Å². The summed E-state index contributed by atoms with van der Waals surface area (Å²) < 4.78 is 10.3. The molecule has 0 saturated heterocycles. The second kappa shape index (κ2) is 5.41. The van der Waals surface area contributed by atoms with E-state index in [-0.39, 0.29) is 6.10 Å². The predicted molar refractivity (Wildman–Crippen MR) is 56.7 cm³/mol. The van der Waals surface area contributed by atoms with Gasteiger partial charge in [-0.15, -0.1) is 0 Å². The molecule has 0 aromatic carbocycles. The molecule has 5 heteroatoms. The normalized spacial score (nSPS) is 17.6. The average molecular weight is 226 g/mol. The third kappa shape index (κ3) is 3.28. The van der Waals surface area contributed by atoms with Crippen LogP contribution >= 0.6 is 0 Å². The van der Waals surface area contributed by atoms with Crippen molar-refractivity contribution in [2.45, 2.75) is 45.3 Å². The molecule has 1 N–H and O–H groups in total. The van der Waals surface area contributed by atoms with Gasteiger partial charge in [0.05, 0.1) is 12.5 Å². The second-order valence-corrected chi connectivity index (χ2v) is 4.27. The van der Waals surface area contributed by atoms with Crippen molar-refractivity contribution in [3.63, 3.8) is 0 Å². The van der Waals surface area contributed by atoms with Crippen molar-refractivity contribution < 1.29 is 14.4 Å². The van der Waals surface area contributed by atoms with Gasteiger partial charge in [-0.25, -0.2) is 0 Å². The minimum Gasteiger partial charge on any atom is -0.392 e. The van der Waals surface area contributed by atoms with Crippen molar-refractivity contribution in [1.29, 1.82) is 0 Å². The SMILES string of the molecule is CCCOCc1noc(CC(O)C2CC2)n1. The van der Waals surface area contributed by atoms with Gasteiger partial charge >= 0.3 is 0 Å². The molecule has 1 aromatic heterocycles. The molecular formula is C11H18N2O3. The molecule has 0 aliphatic heterocycles. The van der Waals surface area contributed by atoms with Crippen molar-refractivity contribution in [2.75, 3.05) is 6.61 Å². The van der Waals surface area contributed by atoms with Gasteiger partial charge in [-0.1, -0.05) is 12.1 Å². The summed E-state index contributed by atoms with van der Waals surface area (Å²) in [5, 5.41) is 13.5. The highest BCUT2D eigenvalue weighted by atomic mass is 16.5. The van der Waals surface area contributed by atoms with E-state index in [0.29, 0.717) is 37.3 Å². The Morgan fingerprint density at radius 2 is 2.38 bits per heavy atom. The van der Waals surface area contributed by atoms with Gasteiger partial charge in [0.1, 0.15) is 6.61 Å². The molecule has 1 aliphatic carbocycles. The molecule has 0 amide bonds. The zero-order valence-corrected chi connectivity index (χ0v) is 9.56. The van der Waals surface area contributed by atoms with Crippen LogP contribution in [0.2, 0.25) is 0 Å². The zero-order chi connectivity index (χ0) is 11.4. The predicted octanol–water partition coefficient (Wildman–Crippen LogP) is 1.31. The number of ether oxygens (including phenoxy) is 1. The molecule has 0 spiro atoms. The minimum atomic E-state index is -0.329. The molecule has 1 atom stereocenters. The highest BCUT2D eigenvalue weighted by molar-refractivity contribution is 4.91. The van der Waals surface area contributed by atoms with Crippen LogP contribution in [0.5, 0.6) is 0 Å². The fraction of sp³-hybridized carbons (Fsp3) is 0.818. The highest BCUT2D eigenvalue weighted by Gasteiger charge is 2.30. The average Bonchev–Trinajstić information content (AvgIpc) is 3.03. The summed E-state index contributed by atoms with van der Waals surface area (Å²) in [4.78, 5) is 4.17. The lowest BCUT2D eigenvalue weighted by Crippen LogP contribution is -2.12. The van der Waals surface area contributed by atoms with Crippen LogP contribution in [0, 0.1) is 5.92 Å². The van der Waals surface area contributed by atoms with Crippen LogP contribution in [0.25, 0.3) is 0 Å². The van der Waals surface area contributed by atoms with Crippen LogP contribution in [0.15, 0.2) is 4.52 Å². The lowest BCUT2D eigenvalue weighted by atomic mass is 10.2. The number of hydrogen-bond acceptors (Lipinski definition) is 5. The first-order chi connectivity index (χ1) is 7.79. The molecule has 0 bridgehead atoms. The van der Waals surface area contributed by atoms with E-state index in [1.807, 2.05) is 6.92 Å². The van der Waals surface area contributed by atoms with E-state index < -0.39 is 0 Å². The number of aliphatic hydroxyl groups is 1. The van der Waals surface area contributed by atoms with Gasteiger partial charge in [0.25, 0.3) is 0 Å². The van der Waals surface area contributed by atoms with Gasteiger partial charge in [0, 0.05) is 6.61 Å². The molecule has 90 valence electrons. The van der Waals surface area contributed by atoms with Gasteiger partial charge in [-0.3, -0.25) is 0 Å². The van der Waals surface area contributed by atoms with E-state index in [1.54, 1.807) is 0 Å². The fourth-order valence-electron chi connectivity index (χ4n) is 1.57. The molecule has 1 unspecified atom stereocenters. The highest BCUT2D eigenvalue weighted by Crippen LogP contribution is 2.33. The van der Waals surface area contributed by atoms with Crippen LogP contribution in [0.1, 0.15) is 37.9 Å². The van der Waals surface area contributed by atoms with E-state index in [2.05, 4.69) is 10.1 Å². The van der Waals surface area contributed by atoms with E-state index in [9.17, 15) is 5.11 Å². The third-order valence-electron chi connectivity index (χ3n) is 2.64. The summed E-state index contributed by atoms with van der Waals surface area (Å²) >= 11 is 0. The molecule has 1 fully saturated rings. The van der Waals surface area contributed by atoms with Crippen molar-refractivity contribution in [3.8, 4) is 0 Å². The molecule has 1 heterocycles. The summed E-state index contributed by atoms with van der Waals surface area (Å²) in [5.41, 5.74) is 0. The first-order valence-electron chi connectivity index (χ1n) is 5.87. The summed E-state index contributed by atoms with van der Waals surface area (Å²) in [6.45, 7) is 3.14. The standard InChI is InChI=1S/C11H18N2O3/c1-2-5-15-7-10-12-11(16-13-10)6-9(14)8-3-4-8/h8-9,14H,2-7H2,1H3. The molecule has 16 heavy (non-hydrogen) atoms. The Balaban J connectivity index is 1.77. The van der Waals surface area contributed by atoms with E-state index in [1.165, 1.54) is 0 Å². The van der Waals surface area contributed by atoms with Gasteiger partial charge in [-0.05, 0) is 25.2 Å². The van der Waals surface area contributed by atoms with Crippen LogP contribution in [-0.4, -0.2) is 28.0 Å². The Morgan fingerprint density at radius 1 is 1.56 bits per heavy atom. The zero-order valence-electron chi connectivity index (χ0n) is 9.56. The Kier molecular flexibility index (Phi) is 3.90. The first kappa shape index (κ1) is 11.5. The Hall–Kier alpha value is -0.940. The number of nitrogens with zero attached hydrogens (tertiary/aromatic N) is 2. The number of rotatable bonds is 7. The number of aromatic nitrogens is 2. The maximum absolute atomic E-state index is 9.71. The Morgan fingerprint density at radius 3 is 3.06 bits per heavy atom. The lowest BCUT2D eigenvalue weighted by Gasteiger charge is -2.03.